The number of morpholine rings is 1. The molecule has 0 spiro atoms. The van der Waals surface area contributed by atoms with Gasteiger partial charge in [-0.1, -0.05) is 4.49 Å². The van der Waals surface area contributed by atoms with E-state index in [4.69, 9.17) is 4.74 Å². The lowest BCUT2D eigenvalue weighted by Gasteiger charge is -2.29. The smallest absolute Gasteiger partial charge is 0.0893 e. The Morgan fingerprint density at radius 2 is 2.38 bits per heavy atom. The molecule has 90 valence electrons. The van der Waals surface area contributed by atoms with Crippen molar-refractivity contribution in [3.63, 3.8) is 0 Å². The standard InChI is InChI=1S/C10H18N4OS/c1-9(7-14-2-4-15-5-3-14)11-6-10-8-16-13-12-10/h8-9,11H,2-7H2,1H3. The third kappa shape index (κ3) is 3.79. The summed E-state index contributed by atoms with van der Waals surface area (Å²) in [4.78, 5) is 2.43. The molecular weight excluding hydrogens is 224 g/mol. The first-order chi connectivity index (χ1) is 7.84. The highest BCUT2D eigenvalue weighted by Gasteiger charge is 2.13. The first-order valence-corrected chi connectivity index (χ1v) is 6.47. The summed E-state index contributed by atoms with van der Waals surface area (Å²) in [6, 6.07) is 0.472. The Balaban J connectivity index is 1.65. The Labute approximate surface area is 100.0 Å². The minimum Gasteiger partial charge on any atom is -0.379 e. The number of aromatic nitrogens is 2. The van der Waals surface area contributed by atoms with Crippen LogP contribution in [-0.2, 0) is 11.3 Å². The minimum atomic E-state index is 0.472. The van der Waals surface area contributed by atoms with Gasteiger partial charge in [0.1, 0.15) is 0 Å². The van der Waals surface area contributed by atoms with Crippen LogP contribution in [0.2, 0.25) is 0 Å². The van der Waals surface area contributed by atoms with Crippen molar-refractivity contribution in [2.75, 3.05) is 32.8 Å². The van der Waals surface area contributed by atoms with Gasteiger partial charge in [0.2, 0.25) is 0 Å². The van der Waals surface area contributed by atoms with Crippen molar-refractivity contribution in [2.24, 2.45) is 0 Å². The van der Waals surface area contributed by atoms with Crippen LogP contribution in [0.4, 0.5) is 0 Å². The van der Waals surface area contributed by atoms with Crippen molar-refractivity contribution in [3.05, 3.63) is 11.1 Å². The van der Waals surface area contributed by atoms with Gasteiger partial charge in [-0.25, -0.2) is 0 Å². The minimum absolute atomic E-state index is 0.472. The van der Waals surface area contributed by atoms with E-state index in [1.165, 1.54) is 11.5 Å². The lowest BCUT2D eigenvalue weighted by Crippen LogP contribution is -2.44. The van der Waals surface area contributed by atoms with Gasteiger partial charge in [-0.15, -0.1) is 5.10 Å². The van der Waals surface area contributed by atoms with Gasteiger partial charge in [0.15, 0.2) is 0 Å². The Hall–Kier alpha value is -0.560. The molecule has 0 aliphatic carbocycles. The molecule has 1 saturated heterocycles. The summed E-state index contributed by atoms with van der Waals surface area (Å²) in [5.41, 5.74) is 1.03. The van der Waals surface area contributed by atoms with Crippen LogP contribution in [0.25, 0.3) is 0 Å². The maximum atomic E-state index is 5.32. The average molecular weight is 242 g/mol. The van der Waals surface area contributed by atoms with E-state index in [1.54, 1.807) is 0 Å². The average Bonchev–Trinajstić information content (AvgIpc) is 2.81. The maximum absolute atomic E-state index is 5.32. The molecule has 2 rings (SSSR count). The molecule has 0 amide bonds. The monoisotopic (exact) mass is 242 g/mol. The van der Waals surface area contributed by atoms with Crippen LogP contribution in [0, 0.1) is 0 Å². The maximum Gasteiger partial charge on any atom is 0.0893 e. The second-order valence-electron chi connectivity index (χ2n) is 4.09. The SMILES string of the molecule is CC(CN1CCOCC1)NCc1csnn1. The van der Waals surface area contributed by atoms with Gasteiger partial charge in [-0.05, 0) is 18.5 Å². The predicted octanol–water partition coefficient (Wildman–Crippen LogP) is 0.348. The third-order valence-electron chi connectivity index (χ3n) is 2.67. The Bertz CT molecular complexity index is 287. The Kier molecular flexibility index (Phi) is 4.65. The number of hydrogen-bond acceptors (Lipinski definition) is 6. The van der Waals surface area contributed by atoms with Crippen molar-refractivity contribution >= 4 is 11.5 Å². The lowest BCUT2D eigenvalue weighted by molar-refractivity contribution is 0.0343. The molecule has 0 aromatic carbocycles. The zero-order valence-electron chi connectivity index (χ0n) is 9.56. The summed E-state index contributed by atoms with van der Waals surface area (Å²) in [6.45, 7) is 7.90. The van der Waals surface area contributed by atoms with E-state index in [9.17, 15) is 0 Å². The summed E-state index contributed by atoms with van der Waals surface area (Å²) in [7, 11) is 0. The Morgan fingerprint density at radius 3 is 3.06 bits per heavy atom. The van der Waals surface area contributed by atoms with Crippen molar-refractivity contribution < 1.29 is 4.74 Å². The van der Waals surface area contributed by atoms with Gasteiger partial charge < -0.3 is 10.1 Å². The summed E-state index contributed by atoms with van der Waals surface area (Å²) in [5.74, 6) is 0. The van der Waals surface area contributed by atoms with Crippen LogP contribution in [0.5, 0.6) is 0 Å². The second kappa shape index (κ2) is 6.24. The molecule has 16 heavy (non-hydrogen) atoms. The van der Waals surface area contributed by atoms with Gasteiger partial charge in [0, 0.05) is 37.6 Å². The van der Waals surface area contributed by atoms with Crippen molar-refractivity contribution in [2.45, 2.75) is 19.5 Å². The van der Waals surface area contributed by atoms with Gasteiger partial charge in [0.25, 0.3) is 0 Å². The van der Waals surface area contributed by atoms with Gasteiger partial charge >= 0.3 is 0 Å². The molecule has 1 aromatic heterocycles. The number of rotatable bonds is 5. The molecule has 1 unspecified atom stereocenters. The van der Waals surface area contributed by atoms with E-state index >= 15 is 0 Å². The summed E-state index contributed by atoms with van der Waals surface area (Å²) in [5, 5.41) is 9.44. The molecule has 1 N–H and O–H groups in total. The van der Waals surface area contributed by atoms with E-state index in [1.807, 2.05) is 5.38 Å². The number of nitrogens with one attached hydrogen (secondary N) is 1. The molecule has 2 heterocycles. The van der Waals surface area contributed by atoms with Crippen LogP contribution in [0.15, 0.2) is 5.38 Å². The number of hydrogen-bond donors (Lipinski definition) is 1. The second-order valence-corrected chi connectivity index (χ2v) is 4.70. The number of ether oxygens (including phenoxy) is 1. The first-order valence-electron chi connectivity index (χ1n) is 5.64. The van der Waals surface area contributed by atoms with E-state index in [-0.39, 0.29) is 0 Å². The molecule has 0 bridgehead atoms. The highest BCUT2D eigenvalue weighted by atomic mass is 32.1. The summed E-state index contributed by atoms with van der Waals surface area (Å²) in [6.07, 6.45) is 0. The van der Waals surface area contributed by atoms with Crippen molar-refractivity contribution in [1.82, 2.24) is 19.8 Å². The van der Waals surface area contributed by atoms with E-state index < -0.39 is 0 Å². The third-order valence-corrected chi connectivity index (χ3v) is 3.23. The zero-order chi connectivity index (χ0) is 11.2. The topological polar surface area (TPSA) is 50.3 Å². The van der Waals surface area contributed by atoms with Crippen LogP contribution in [-0.4, -0.2) is 53.4 Å². The molecular formula is C10H18N4OS. The molecule has 0 radical (unpaired) electrons. The summed E-state index contributed by atoms with van der Waals surface area (Å²) < 4.78 is 9.16. The van der Waals surface area contributed by atoms with Crippen molar-refractivity contribution in [1.29, 1.82) is 0 Å². The van der Waals surface area contributed by atoms with Gasteiger partial charge in [-0.3, -0.25) is 4.90 Å². The number of nitrogens with zero attached hydrogens (tertiary/aromatic N) is 3. The molecule has 5 nitrogen and oxygen atoms in total. The fraction of sp³-hybridized carbons (Fsp3) is 0.800. The fourth-order valence-electron chi connectivity index (χ4n) is 1.78. The largest absolute Gasteiger partial charge is 0.379 e. The zero-order valence-corrected chi connectivity index (χ0v) is 10.4. The molecule has 1 aliphatic heterocycles. The van der Waals surface area contributed by atoms with Crippen LogP contribution in [0.3, 0.4) is 0 Å². The highest BCUT2D eigenvalue weighted by molar-refractivity contribution is 7.03. The van der Waals surface area contributed by atoms with Crippen LogP contribution in [0.1, 0.15) is 12.6 Å². The van der Waals surface area contributed by atoms with E-state index in [0.29, 0.717) is 6.04 Å². The first kappa shape index (κ1) is 11.9. The van der Waals surface area contributed by atoms with Crippen LogP contribution < -0.4 is 5.32 Å². The highest BCUT2D eigenvalue weighted by Crippen LogP contribution is 2.00. The summed E-state index contributed by atoms with van der Waals surface area (Å²) >= 11 is 1.40. The Morgan fingerprint density at radius 1 is 1.56 bits per heavy atom. The van der Waals surface area contributed by atoms with Crippen LogP contribution >= 0.6 is 11.5 Å². The van der Waals surface area contributed by atoms with E-state index in [0.717, 1.165) is 45.1 Å². The molecule has 0 saturated carbocycles. The molecule has 1 aromatic rings. The van der Waals surface area contributed by atoms with Crippen molar-refractivity contribution in [3.8, 4) is 0 Å². The molecule has 6 heteroatoms. The van der Waals surface area contributed by atoms with E-state index in [2.05, 4.69) is 26.7 Å². The molecule has 1 aliphatic rings. The van der Waals surface area contributed by atoms with Gasteiger partial charge in [-0.2, -0.15) is 0 Å². The lowest BCUT2D eigenvalue weighted by atomic mass is 10.3. The predicted molar refractivity (Wildman–Crippen MR) is 63.5 cm³/mol. The van der Waals surface area contributed by atoms with Gasteiger partial charge in [0.05, 0.1) is 18.9 Å². The molecule has 1 atom stereocenters. The quantitative estimate of drug-likeness (QED) is 0.807. The molecule has 1 fully saturated rings. The fourth-order valence-corrected chi connectivity index (χ4v) is 2.23. The normalized spacial score (nSPS) is 19.8.